The van der Waals surface area contributed by atoms with Gasteiger partial charge in [0.05, 0.1) is 21.3 Å². The molecule has 0 unspecified atom stereocenters. The van der Waals surface area contributed by atoms with Gasteiger partial charge in [-0.05, 0) is 37.6 Å². The molecule has 1 saturated heterocycles. The largest absolute Gasteiger partial charge is 0.493 e. The molecule has 0 aliphatic carbocycles. The summed E-state index contributed by atoms with van der Waals surface area (Å²) < 4.78 is 16.0. The molecular weight excluding hydrogens is 386 g/mol. The molecule has 1 aliphatic heterocycles. The van der Waals surface area contributed by atoms with Crippen molar-refractivity contribution in [2.45, 2.75) is 26.3 Å². The minimum Gasteiger partial charge on any atom is -0.493 e. The van der Waals surface area contributed by atoms with Gasteiger partial charge in [-0.2, -0.15) is 0 Å². The SMILES string of the molecule is COc1cc(/C=C/C(=O)N2CCN(CCC(=O)NC(C)C)CC2)cc(OC)c1OC. The third-order valence-corrected chi connectivity index (χ3v) is 4.89. The Labute approximate surface area is 178 Å². The van der Waals surface area contributed by atoms with Gasteiger partial charge < -0.3 is 24.4 Å². The number of hydrogen-bond donors (Lipinski definition) is 1. The number of piperazine rings is 1. The zero-order valence-corrected chi connectivity index (χ0v) is 18.6. The number of nitrogens with one attached hydrogen (secondary N) is 1. The molecule has 1 aromatic rings. The Hall–Kier alpha value is -2.74. The van der Waals surface area contributed by atoms with Crippen molar-refractivity contribution in [3.05, 3.63) is 23.8 Å². The number of nitrogens with zero attached hydrogens (tertiary/aromatic N) is 2. The van der Waals surface area contributed by atoms with Gasteiger partial charge in [0.2, 0.25) is 17.6 Å². The van der Waals surface area contributed by atoms with Crippen LogP contribution in [0, 0.1) is 0 Å². The summed E-state index contributed by atoms with van der Waals surface area (Å²) in [7, 11) is 4.67. The average Bonchev–Trinajstić information content (AvgIpc) is 2.75. The van der Waals surface area contributed by atoms with Crippen LogP contribution in [0.5, 0.6) is 17.2 Å². The Morgan fingerprint density at radius 2 is 1.63 bits per heavy atom. The third kappa shape index (κ3) is 6.66. The zero-order valence-electron chi connectivity index (χ0n) is 18.6. The highest BCUT2D eigenvalue weighted by Gasteiger charge is 2.20. The van der Waals surface area contributed by atoms with E-state index in [-0.39, 0.29) is 17.9 Å². The van der Waals surface area contributed by atoms with E-state index in [0.29, 0.717) is 43.3 Å². The number of amides is 2. The van der Waals surface area contributed by atoms with Crippen molar-refractivity contribution in [1.29, 1.82) is 0 Å². The van der Waals surface area contributed by atoms with E-state index in [1.54, 1.807) is 45.6 Å². The Bertz CT molecular complexity index is 730. The van der Waals surface area contributed by atoms with E-state index >= 15 is 0 Å². The van der Waals surface area contributed by atoms with Gasteiger partial charge >= 0.3 is 0 Å². The minimum atomic E-state index is -0.0408. The van der Waals surface area contributed by atoms with E-state index in [9.17, 15) is 9.59 Å². The molecule has 1 N–H and O–H groups in total. The molecule has 1 fully saturated rings. The van der Waals surface area contributed by atoms with Crippen LogP contribution < -0.4 is 19.5 Å². The summed E-state index contributed by atoms with van der Waals surface area (Å²) >= 11 is 0. The van der Waals surface area contributed by atoms with E-state index in [2.05, 4.69) is 10.2 Å². The summed E-state index contributed by atoms with van der Waals surface area (Å²) in [5, 5.41) is 2.90. The number of rotatable bonds is 9. The predicted octanol–water partition coefficient (Wildman–Crippen LogP) is 1.78. The number of carbonyl (C=O) groups is 2. The highest BCUT2D eigenvalue weighted by molar-refractivity contribution is 5.92. The number of ether oxygens (including phenoxy) is 3. The predicted molar refractivity (Wildman–Crippen MR) is 116 cm³/mol. The molecule has 0 saturated carbocycles. The molecule has 0 spiro atoms. The lowest BCUT2D eigenvalue weighted by molar-refractivity contribution is -0.128. The molecule has 166 valence electrons. The van der Waals surface area contributed by atoms with Crippen LogP contribution in [0.15, 0.2) is 18.2 Å². The summed E-state index contributed by atoms with van der Waals surface area (Å²) in [6.45, 7) is 7.43. The van der Waals surface area contributed by atoms with Gasteiger partial charge in [0.15, 0.2) is 11.5 Å². The van der Waals surface area contributed by atoms with Crippen molar-refractivity contribution in [1.82, 2.24) is 15.1 Å². The van der Waals surface area contributed by atoms with E-state index in [1.165, 1.54) is 0 Å². The fraction of sp³-hybridized carbons (Fsp3) is 0.545. The number of hydrogen-bond acceptors (Lipinski definition) is 6. The summed E-state index contributed by atoms with van der Waals surface area (Å²) in [5.41, 5.74) is 0.785. The first kappa shape index (κ1) is 23.5. The molecule has 0 bridgehead atoms. The molecular formula is C22H33N3O5. The quantitative estimate of drug-likeness (QED) is 0.615. The molecule has 1 heterocycles. The summed E-state index contributed by atoms with van der Waals surface area (Å²) in [4.78, 5) is 28.4. The topological polar surface area (TPSA) is 80.3 Å². The van der Waals surface area contributed by atoms with Crippen LogP contribution in [0.2, 0.25) is 0 Å². The minimum absolute atomic E-state index is 0.0408. The lowest BCUT2D eigenvalue weighted by Gasteiger charge is -2.34. The first-order valence-electron chi connectivity index (χ1n) is 10.2. The molecule has 0 radical (unpaired) electrons. The Balaban J connectivity index is 1.89. The maximum absolute atomic E-state index is 12.6. The van der Waals surface area contributed by atoms with Gasteiger partial charge in [0.25, 0.3) is 0 Å². The van der Waals surface area contributed by atoms with Crippen LogP contribution in [0.4, 0.5) is 0 Å². The lowest BCUT2D eigenvalue weighted by atomic mass is 10.1. The molecule has 8 nitrogen and oxygen atoms in total. The fourth-order valence-electron chi connectivity index (χ4n) is 3.32. The van der Waals surface area contributed by atoms with E-state index < -0.39 is 0 Å². The molecule has 0 aromatic heterocycles. The van der Waals surface area contributed by atoms with Crippen molar-refractivity contribution in [2.24, 2.45) is 0 Å². The van der Waals surface area contributed by atoms with Crippen molar-refractivity contribution in [3.63, 3.8) is 0 Å². The molecule has 1 aromatic carbocycles. The van der Waals surface area contributed by atoms with Crippen LogP contribution in [0.3, 0.4) is 0 Å². The number of benzene rings is 1. The van der Waals surface area contributed by atoms with Crippen LogP contribution in [-0.2, 0) is 9.59 Å². The van der Waals surface area contributed by atoms with Crippen molar-refractivity contribution < 1.29 is 23.8 Å². The Morgan fingerprint density at radius 1 is 1.03 bits per heavy atom. The number of carbonyl (C=O) groups excluding carboxylic acids is 2. The normalized spacial score (nSPS) is 14.8. The lowest BCUT2D eigenvalue weighted by Crippen LogP contribution is -2.49. The van der Waals surface area contributed by atoms with E-state index in [1.807, 2.05) is 18.7 Å². The summed E-state index contributed by atoms with van der Waals surface area (Å²) in [6.07, 6.45) is 3.79. The zero-order chi connectivity index (χ0) is 22.1. The highest BCUT2D eigenvalue weighted by Crippen LogP contribution is 2.38. The van der Waals surface area contributed by atoms with E-state index in [4.69, 9.17) is 14.2 Å². The highest BCUT2D eigenvalue weighted by atomic mass is 16.5. The van der Waals surface area contributed by atoms with Crippen molar-refractivity contribution in [2.75, 3.05) is 54.1 Å². The van der Waals surface area contributed by atoms with Gasteiger partial charge in [-0.15, -0.1) is 0 Å². The first-order chi connectivity index (χ1) is 14.4. The summed E-state index contributed by atoms with van der Waals surface area (Å²) in [5.74, 6) is 1.62. The monoisotopic (exact) mass is 419 g/mol. The maximum atomic E-state index is 12.6. The van der Waals surface area contributed by atoms with Crippen molar-refractivity contribution >= 4 is 17.9 Å². The van der Waals surface area contributed by atoms with Crippen LogP contribution in [0.1, 0.15) is 25.8 Å². The molecule has 2 rings (SSSR count). The second-order valence-corrected chi connectivity index (χ2v) is 7.43. The average molecular weight is 420 g/mol. The van der Waals surface area contributed by atoms with Crippen LogP contribution in [-0.4, -0.2) is 81.7 Å². The molecule has 2 amide bonds. The second-order valence-electron chi connectivity index (χ2n) is 7.43. The van der Waals surface area contributed by atoms with Gasteiger partial charge in [0, 0.05) is 51.3 Å². The summed E-state index contributed by atoms with van der Waals surface area (Å²) in [6, 6.07) is 3.75. The molecule has 8 heteroatoms. The van der Waals surface area contributed by atoms with Gasteiger partial charge in [-0.1, -0.05) is 0 Å². The third-order valence-electron chi connectivity index (χ3n) is 4.89. The fourth-order valence-corrected chi connectivity index (χ4v) is 3.32. The maximum Gasteiger partial charge on any atom is 0.246 e. The van der Waals surface area contributed by atoms with Gasteiger partial charge in [-0.3, -0.25) is 14.5 Å². The van der Waals surface area contributed by atoms with Gasteiger partial charge in [0.1, 0.15) is 0 Å². The Morgan fingerprint density at radius 3 is 2.13 bits per heavy atom. The standard InChI is InChI=1S/C22H33N3O5/c1-16(2)23-20(26)8-9-24-10-12-25(13-11-24)21(27)7-6-17-14-18(28-3)22(30-5)19(15-17)29-4/h6-7,14-16H,8-13H2,1-5H3,(H,23,26)/b7-6+. The smallest absolute Gasteiger partial charge is 0.246 e. The molecule has 30 heavy (non-hydrogen) atoms. The van der Waals surface area contributed by atoms with Crippen molar-refractivity contribution in [3.8, 4) is 17.2 Å². The van der Waals surface area contributed by atoms with E-state index in [0.717, 1.165) is 18.7 Å². The van der Waals surface area contributed by atoms with Gasteiger partial charge in [-0.25, -0.2) is 0 Å². The Kier molecular flexibility index (Phi) is 8.98. The second kappa shape index (κ2) is 11.4. The molecule has 0 atom stereocenters. The molecule has 1 aliphatic rings. The van der Waals surface area contributed by atoms with Crippen LogP contribution >= 0.6 is 0 Å². The first-order valence-corrected chi connectivity index (χ1v) is 10.2. The number of methoxy groups -OCH3 is 3. The van der Waals surface area contributed by atoms with Crippen LogP contribution in [0.25, 0.3) is 6.08 Å².